The van der Waals surface area contributed by atoms with Crippen molar-refractivity contribution in [1.82, 2.24) is 9.97 Å². The van der Waals surface area contributed by atoms with E-state index in [0.29, 0.717) is 0 Å². The highest BCUT2D eigenvalue weighted by atomic mass is 35.5. The molecule has 1 amide bonds. The molecule has 0 aliphatic rings. The molecule has 9 heteroatoms. The minimum absolute atomic E-state index is 0.467. The third-order valence-corrected chi connectivity index (χ3v) is 1.73. The molecule has 0 fully saturated rings. The molecule has 1 heterocycles. The number of rotatable bonds is 2. The highest BCUT2D eigenvalue weighted by Gasteiger charge is 2.23. The zero-order valence-corrected chi connectivity index (χ0v) is 7.91. The Morgan fingerprint density at radius 2 is 1.79 bits per heavy atom. The standard InChI is InChI=1S/C5H2Cl2N4O3/c6-2-1(11(13)14)3(7)10-5(9-2)4(8)12/h(H2,8,12). The highest BCUT2D eigenvalue weighted by molar-refractivity contribution is 6.36. The average molecular weight is 237 g/mol. The van der Waals surface area contributed by atoms with Crippen LogP contribution in [0.3, 0.4) is 0 Å². The summed E-state index contributed by atoms with van der Waals surface area (Å²) in [6.07, 6.45) is 0. The van der Waals surface area contributed by atoms with Crippen molar-refractivity contribution in [1.29, 1.82) is 0 Å². The van der Waals surface area contributed by atoms with Crippen molar-refractivity contribution in [2.45, 2.75) is 0 Å². The van der Waals surface area contributed by atoms with Gasteiger partial charge in [-0.3, -0.25) is 14.9 Å². The van der Waals surface area contributed by atoms with Crippen LogP contribution >= 0.6 is 23.2 Å². The Bertz CT molecular complexity index is 398. The highest BCUT2D eigenvalue weighted by Crippen LogP contribution is 2.28. The van der Waals surface area contributed by atoms with Crippen LogP contribution in [0.25, 0.3) is 0 Å². The topological polar surface area (TPSA) is 112 Å². The number of halogens is 2. The second kappa shape index (κ2) is 3.72. The zero-order valence-electron chi connectivity index (χ0n) is 6.40. The van der Waals surface area contributed by atoms with E-state index >= 15 is 0 Å². The first-order chi connectivity index (χ1) is 6.43. The first-order valence-electron chi connectivity index (χ1n) is 3.10. The van der Waals surface area contributed by atoms with Gasteiger partial charge >= 0.3 is 5.69 Å². The number of carbonyl (C=O) groups is 1. The molecule has 74 valence electrons. The van der Waals surface area contributed by atoms with E-state index in [4.69, 9.17) is 28.9 Å². The number of nitrogens with zero attached hydrogens (tertiary/aromatic N) is 3. The van der Waals surface area contributed by atoms with Crippen molar-refractivity contribution in [3.05, 3.63) is 26.2 Å². The smallest absolute Gasteiger partial charge is 0.343 e. The number of primary amides is 1. The van der Waals surface area contributed by atoms with Crippen LogP contribution in [0.5, 0.6) is 0 Å². The van der Waals surface area contributed by atoms with E-state index in [2.05, 4.69) is 9.97 Å². The molecule has 0 atom stereocenters. The molecule has 14 heavy (non-hydrogen) atoms. The molecule has 0 aliphatic heterocycles. The predicted molar refractivity (Wildman–Crippen MR) is 47.2 cm³/mol. The first-order valence-corrected chi connectivity index (χ1v) is 3.86. The van der Waals surface area contributed by atoms with Gasteiger partial charge < -0.3 is 5.73 Å². The molecule has 0 spiro atoms. The average Bonchev–Trinajstić information content (AvgIpc) is 2.01. The predicted octanol–water partition coefficient (Wildman–Crippen LogP) is 0.790. The van der Waals surface area contributed by atoms with Crippen LogP contribution in [-0.4, -0.2) is 20.8 Å². The number of carbonyl (C=O) groups excluding carboxylic acids is 1. The summed E-state index contributed by atoms with van der Waals surface area (Å²) in [5, 5.41) is 9.32. The lowest BCUT2D eigenvalue weighted by Crippen LogP contribution is -2.16. The van der Waals surface area contributed by atoms with E-state index in [1.807, 2.05) is 0 Å². The van der Waals surface area contributed by atoms with Gasteiger partial charge in [0.2, 0.25) is 16.1 Å². The third-order valence-electron chi connectivity index (χ3n) is 1.20. The summed E-state index contributed by atoms with van der Waals surface area (Å²) in [4.78, 5) is 26.7. The van der Waals surface area contributed by atoms with Crippen LogP contribution < -0.4 is 5.73 Å². The van der Waals surface area contributed by atoms with Gasteiger partial charge in [-0.05, 0) is 0 Å². The lowest BCUT2D eigenvalue weighted by molar-refractivity contribution is -0.385. The second-order valence-corrected chi connectivity index (χ2v) is 2.81. The SMILES string of the molecule is NC(=O)c1nc(Cl)c([N+](=O)[O-])c(Cl)n1. The minimum Gasteiger partial charge on any atom is -0.363 e. The Balaban J connectivity index is 3.39. The molecule has 2 N–H and O–H groups in total. The lowest BCUT2D eigenvalue weighted by Gasteiger charge is -1.98. The molecule has 0 aromatic carbocycles. The van der Waals surface area contributed by atoms with Gasteiger partial charge in [0.1, 0.15) is 0 Å². The van der Waals surface area contributed by atoms with Gasteiger partial charge in [0.05, 0.1) is 4.92 Å². The van der Waals surface area contributed by atoms with Crippen molar-refractivity contribution < 1.29 is 9.72 Å². The quantitative estimate of drug-likeness (QED) is 0.464. The van der Waals surface area contributed by atoms with Gasteiger partial charge in [-0.25, -0.2) is 9.97 Å². The Morgan fingerprint density at radius 3 is 2.07 bits per heavy atom. The third kappa shape index (κ3) is 1.88. The number of nitro groups is 1. The van der Waals surface area contributed by atoms with Crippen molar-refractivity contribution in [2.24, 2.45) is 5.73 Å². The lowest BCUT2D eigenvalue weighted by atomic mass is 10.5. The van der Waals surface area contributed by atoms with Crippen LogP contribution in [0.2, 0.25) is 10.3 Å². The first kappa shape index (κ1) is 10.6. The van der Waals surface area contributed by atoms with E-state index in [9.17, 15) is 14.9 Å². The minimum atomic E-state index is -0.969. The number of hydrogen-bond donors (Lipinski definition) is 1. The molecular formula is C5H2Cl2N4O3. The molecular weight excluding hydrogens is 235 g/mol. The fourth-order valence-corrected chi connectivity index (χ4v) is 1.19. The molecule has 0 bridgehead atoms. The Labute approximate surface area is 87.0 Å². The number of nitrogens with two attached hydrogens (primary N) is 1. The van der Waals surface area contributed by atoms with Crippen LogP contribution in [0.15, 0.2) is 0 Å². The molecule has 0 aliphatic carbocycles. The maximum absolute atomic E-state index is 10.6. The maximum Gasteiger partial charge on any atom is 0.343 e. The molecule has 1 aromatic heterocycles. The number of hydrogen-bond acceptors (Lipinski definition) is 5. The molecule has 0 unspecified atom stereocenters. The van der Waals surface area contributed by atoms with Crippen molar-refractivity contribution in [3.63, 3.8) is 0 Å². The fraction of sp³-hybridized carbons (Fsp3) is 0. The van der Waals surface area contributed by atoms with E-state index in [1.165, 1.54) is 0 Å². The molecule has 1 rings (SSSR count). The van der Waals surface area contributed by atoms with E-state index < -0.39 is 32.6 Å². The summed E-state index contributed by atoms with van der Waals surface area (Å²) < 4.78 is 0. The van der Waals surface area contributed by atoms with Gasteiger partial charge in [-0.1, -0.05) is 23.2 Å². The normalized spacial score (nSPS) is 9.86. The van der Waals surface area contributed by atoms with Crippen LogP contribution in [0.4, 0.5) is 5.69 Å². The summed E-state index contributed by atoms with van der Waals surface area (Å²) >= 11 is 10.8. The fourth-order valence-electron chi connectivity index (χ4n) is 0.663. The zero-order chi connectivity index (χ0) is 10.9. The van der Waals surface area contributed by atoms with E-state index in [0.717, 1.165) is 0 Å². The maximum atomic E-state index is 10.6. The summed E-state index contributed by atoms with van der Waals surface area (Å²) in [5.74, 6) is -1.44. The van der Waals surface area contributed by atoms with Gasteiger partial charge in [0.15, 0.2) is 0 Å². The van der Waals surface area contributed by atoms with Crippen molar-refractivity contribution in [2.75, 3.05) is 0 Å². The second-order valence-electron chi connectivity index (χ2n) is 2.10. The van der Waals surface area contributed by atoms with Gasteiger partial charge in [0, 0.05) is 0 Å². The summed E-state index contributed by atoms with van der Waals surface area (Å²) in [6, 6.07) is 0. The van der Waals surface area contributed by atoms with E-state index in [-0.39, 0.29) is 0 Å². The van der Waals surface area contributed by atoms with Crippen molar-refractivity contribution in [3.8, 4) is 0 Å². The molecule has 1 aromatic rings. The monoisotopic (exact) mass is 236 g/mol. The van der Waals surface area contributed by atoms with Crippen molar-refractivity contribution >= 4 is 34.8 Å². The molecule has 0 saturated heterocycles. The van der Waals surface area contributed by atoms with Gasteiger partial charge in [0.25, 0.3) is 5.91 Å². The summed E-state index contributed by atoms with van der Waals surface area (Å²) in [7, 11) is 0. The Hall–Kier alpha value is -1.47. The van der Waals surface area contributed by atoms with Gasteiger partial charge in [-0.2, -0.15) is 0 Å². The van der Waals surface area contributed by atoms with Crippen LogP contribution in [-0.2, 0) is 0 Å². The van der Waals surface area contributed by atoms with Crippen LogP contribution in [0.1, 0.15) is 10.6 Å². The summed E-state index contributed by atoms with van der Waals surface area (Å²) in [6.45, 7) is 0. The summed E-state index contributed by atoms with van der Waals surface area (Å²) in [5.41, 5.74) is 4.17. The van der Waals surface area contributed by atoms with Crippen LogP contribution in [0, 0.1) is 10.1 Å². The molecule has 7 nitrogen and oxygen atoms in total. The number of aromatic nitrogens is 2. The molecule has 0 saturated carbocycles. The Morgan fingerprint density at radius 1 is 1.36 bits per heavy atom. The number of amides is 1. The largest absolute Gasteiger partial charge is 0.363 e. The van der Waals surface area contributed by atoms with Gasteiger partial charge in [-0.15, -0.1) is 0 Å². The molecule has 0 radical (unpaired) electrons. The Kier molecular flexibility index (Phi) is 2.82. The van der Waals surface area contributed by atoms with E-state index in [1.54, 1.807) is 0 Å².